The Kier molecular flexibility index (Phi) is 4.71. The van der Waals surface area contributed by atoms with Crippen LogP contribution >= 0.6 is 7.37 Å². The van der Waals surface area contributed by atoms with Gasteiger partial charge < -0.3 is 4.52 Å². The molecule has 0 radical (unpaired) electrons. The van der Waals surface area contributed by atoms with Gasteiger partial charge in [-0.25, -0.2) is 4.39 Å². The second-order valence-electron chi connectivity index (χ2n) is 5.12. The lowest BCUT2D eigenvalue weighted by atomic mass is 10.2. The van der Waals surface area contributed by atoms with Crippen LogP contribution in [0.3, 0.4) is 0 Å². The summed E-state index contributed by atoms with van der Waals surface area (Å²) in [5, 5.41) is 1.29. The first kappa shape index (κ1) is 15.7. The Bertz CT molecular complexity index is 758. The van der Waals surface area contributed by atoms with Crippen molar-refractivity contribution in [3.63, 3.8) is 0 Å². The minimum Gasteiger partial charge on any atom is -0.317 e. The van der Waals surface area contributed by atoms with Gasteiger partial charge in [0.25, 0.3) is 7.37 Å². The second-order valence-corrected chi connectivity index (χ2v) is 7.52. The van der Waals surface area contributed by atoms with Gasteiger partial charge in [-0.3, -0.25) is 4.57 Å². The van der Waals surface area contributed by atoms with Crippen LogP contribution in [-0.2, 0) is 15.7 Å². The van der Waals surface area contributed by atoms with Crippen LogP contribution in [0.25, 0.3) is 0 Å². The molecule has 0 aliphatic heterocycles. The molecule has 3 aromatic rings. The Morgan fingerprint density at radius 1 is 0.739 bits per heavy atom. The highest BCUT2D eigenvalue weighted by Gasteiger charge is 2.28. The number of hydrogen-bond donors (Lipinski definition) is 0. The topological polar surface area (TPSA) is 26.3 Å². The predicted octanol–water partition coefficient (Wildman–Crippen LogP) is 4.27. The van der Waals surface area contributed by atoms with Gasteiger partial charge in [0.1, 0.15) is 5.82 Å². The Morgan fingerprint density at radius 2 is 1.22 bits per heavy atom. The minimum atomic E-state index is -3.20. The van der Waals surface area contributed by atoms with Gasteiger partial charge >= 0.3 is 0 Å². The number of halogens is 1. The van der Waals surface area contributed by atoms with E-state index in [9.17, 15) is 8.96 Å². The quantitative estimate of drug-likeness (QED) is 0.655. The number of rotatable bonds is 5. The van der Waals surface area contributed by atoms with Gasteiger partial charge in [-0.05, 0) is 42.0 Å². The molecule has 0 aliphatic carbocycles. The minimum absolute atomic E-state index is 0.154. The highest BCUT2D eigenvalue weighted by Crippen LogP contribution is 2.45. The first-order valence-corrected chi connectivity index (χ1v) is 8.91. The zero-order chi connectivity index (χ0) is 16.1. The predicted molar refractivity (Wildman–Crippen MR) is 90.9 cm³/mol. The van der Waals surface area contributed by atoms with E-state index in [2.05, 4.69) is 0 Å². The van der Waals surface area contributed by atoms with Crippen LogP contribution in [0, 0.1) is 5.82 Å². The van der Waals surface area contributed by atoms with Gasteiger partial charge in [0, 0.05) is 10.6 Å². The van der Waals surface area contributed by atoms with Crippen molar-refractivity contribution in [1.29, 1.82) is 0 Å². The van der Waals surface area contributed by atoms with Gasteiger partial charge in [0.15, 0.2) is 0 Å². The largest absolute Gasteiger partial charge is 0.317 e. The summed E-state index contributed by atoms with van der Waals surface area (Å²) in [6, 6.07) is 24.3. The maximum absolute atomic E-state index is 13.6. The molecule has 2 nitrogen and oxygen atoms in total. The molecule has 4 heteroatoms. The third-order valence-corrected chi connectivity index (χ3v) is 5.97. The maximum Gasteiger partial charge on any atom is 0.261 e. The molecule has 116 valence electrons. The normalized spacial score (nSPS) is 11.3. The standard InChI is InChI=1S/C19H16FO2P/c20-17-13-11-16(12-14-17)15-22-23(21,18-7-3-1-4-8-18)19-9-5-2-6-10-19/h1-14H,15H2. The molecule has 23 heavy (non-hydrogen) atoms. The molecule has 0 N–H and O–H groups in total. The molecular weight excluding hydrogens is 310 g/mol. The van der Waals surface area contributed by atoms with E-state index in [0.717, 1.165) is 5.56 Å². The van der Waals surface area contributed by atoms with E-state index in [0.29, 0.717) is 10.6 Å². The van der Waals surface area contributed by atoms with Crippen molar-refractivity contribution >= 4 is 18.0 Å². The van der Waals surface area contributed by atoms with E-state index in [-0.39, 0.29) is 12.4 Å². The Hall–Kier alpha value is -2.22. The molecule has 0 aliphatic rings. The van der Waals surface area contributed by atoms with Crippen molar-refractivity contribution in [3.05, 3.63) is 96.3 Å². The van der Waals surface area contributed by atoms with Crippen molar-refractivity contribution in [2.45, 2.75) is 6.61 Å². The fourth-order valence-corrected chi connectivity index (χ4v) is 4.35. The molecule has 0 bridgehead atoms. The lowest BCUT2D eigenvalue weighted by molar-refractivity contribution is 0.316. The third kappa shape index (κ3) is 3.58. The molecule has 0 spiro atoms. The fraction of sp³-hybridized carbons (Fsp3) is 0.0526. The molecule has 3 rings (SSSR count). The zero-order valence-electron chi connectivity index (χ0n) is 12.4. The summed E-state index contributed by atoms with van der Waals surface area (Å²) in [5.74, 6) is -0.303. The molecule has 0 heterocycles. The lowest BCUT2D eigenvalue weighted by Crippen LogP contribution is -2.18. The SMILES string of the molecule is O=P(OCc1ccc(F)cc1)(c1ccccc1)c1ccccc1. The summed E-state index contributed by atoms with van der Waals surface area (Å²) < 4.78 is 32.4. The molecule has 0 saturated carbocycles. The number of hydrogen-bond acceptors (Lipinski definition) is 2. The van der Waals surface area contributed by atoms with Crippen molar-refractivity contribution in [3.8, 4) is 0 Å². The summed E-state index contributed by atoms with van der Waals surface area (Å²) in [6.07, 6.45) is 0. The van der Waals surface area contributed by atoms with Gasteiger partial charge in [-0.1, -0.05) is 48.5 Å². The molecule has 0 saturated heterocycles. The van der Waals surface area contributed by atoms with E-state index in [1.54, 1.807) is 36.4 Å². The highest BCUT2D eigenvalue weighted by molar-refractivity contribution is 7.74. The Labute approximate surface area is 135 Å². The molecule has 0 fully saturated rings. The molecule has 0 unspecified atom stereocenters. The van der Waals surface area contributed by atoms with Gasteiger partial charge in [0.05, 0.1) is 6.61 Å². The van der Waals surface area contributed by atoms with Crippen molar-refractivity contribution < 1.29 is 13.5 Å². The van der Waals surface area contributed by atoms with E-state index in [1.165, 1.54) is 12.1 Å². The third-order valence-electron chi connectivity index (χ3n) is 3.52. The van der Waals surface area contributed by atoms with E-state index < -0.39 is 7.37 Å². The van der Waals surface area contributed by atoms with Crippen LogP contribution in [0.2, 0.25) is 0 Å². The molecule has 0 atom stereocenters. The average molecular weight is 326 g/mol. The second kappa shape index (κ2) is 6.91. The van der Waals surface area contributed by atoms with Gasteiger partial charge in [0.2, 0.25) is 0 Å². The van der Waals surface area contributed by atoms with E-state index >= 15 is 0 Å². The molecular formula is C19H16FO2P. The average Bonchev–Trinajstić information content (AvgIpc) is 2.62. The van der Waals surface area contributed by atoms with Crippen molar-refractivity contribution in [2.24, 2.45) is 0 Å². The molecule has 3 aromatic carbocycles. The van der Waals surface area contributed by atoms with Crippen molar-refractivity contribution in [2.75, 3.05) is 0 Å². The summed E-state index contributed by atoms with van der Waals surface area (Å²) in [7, 11) is -3.20. The Balaban J connectivity index is 1.93. The van der Waals surface area contributed by atoms with Crippen molar-refractivity contribution in [1.82, 2.24) is 0 Å². The summed E-state index contributed by atoms with van der Waals surface area (Å²) in [4.78, 5) is 0. The van der Waals surface area contributed by atoms with E-state index in [4.69, 9.17) is 4.52 Å². The number of benzene rings is 3. The van der Waals surface area contributed by atoms with Crippen LogP contribution < -0.4 is 10.6 Å². The fourth-order valence-electron chi connectivity index (χ4n) is 2.29. The highest BCUT2D eigenvalue weighted by atomic mass is 31.2. The Morgan fingerprint density at radius 3 is 1.70 bits per heavy atom. The van der Waals surface area contributed by atoms with Crippen LogP contribution in [0.15, 0.2) is 84.9 Å². The van der Waals surface area contributed by atoms with Crippen LogP contribution in [-0.4, -0.2) is 0 Å². The summed E-state index contributed by atoms with van der Waals surface area (Å²) in [6.45, 7) is 0.154. The summed E-state index contributed by atoms with van der Waals surface area (Å²) >= 11 is 0. The van der Waals surface area contributed by atoms with Crippen LogP contribution in [0.4, 0.5) is 4.39 Å². The van der Waals surface area contributed by atoms with Crippen LogP contribution in [0.5, 0.6) is 0 Å². The molecule has 0 aromatic heterocycles. The smallest absolute Gasteiger partial charge is 0.261 e. The maximum atomic E-state index is 13.6. The first-order chi connectivity index (χ1) is 11.2. The zero-order valence-corrected chi connectivity index (χ0v) is 13.3. The van der Waals surface area contributed by atoms with Gasteiger partial charge in [-0.2, -0.15) is 0 Å². The van der Waals surface area contributed by atoms with Crippen LogP contribution in [0.1, 0.15) is 5.56 Å². The van der Waals surface area contributed by atoms with E-state index in [1.807, 2.05) is 36.4 Å². The lowest BCUT2D eigenvalue weighted by Gasteiger charge is -2.19. The molecule has 0 amide bonds. The monoisotopic (exact) mass is 326 g/mol. The summed E-state index contributed by atoms with van der Waals surface area (Å²) in [5.41, 5.74) is 0.776. The van der Waals surface area contributed by atoms with Gasteiger partial charge in [-0.15, -0.1) is 0 Å². The first-order valence-electron chi connectivity index (χ1n) is 7.29.